The molecule has 0 saturated carbocycles. The summed E-state index contributed by atoms with van der Waals surface area (Å²) in [6.45, 7) is 3.60. The molecule has 1 fully saturated rings. The molecule has 0 aliphatic carbocycles. The van der Waals surface area contributed by atoms with Crippen LogP contribution in [0.1, 0.15) is 5.56 Å². The average molecular weight is 204 g/mol. The Balaban J connectivity index is 2.04. The minimum atomic E-state index is 0.726. The fourth-order valence-electron chi connectivity index (χ4n) is 1.78. The van der Waals surface area contributed by atoms with Gasteiger partial charge >= 0.3 is 0 Å². The third-order valence-electron chi connectivity index (χ3n) is 2.65. The topological polar surface area (TPSA) is 36.3 Å². The fraction of sp³-hybridized carbons (Fsp3) is 0.417. The standard InChI is InChI=1S/C12H16N2O/c13-6-5-11-1-3-12(4-2-11)14-7-9-15-10-8-14/h1-4,6,13H,5,7-10H2. The molecule has 0 radical (unpaired) electrons. The van der Waals surface area contributed by atoms with Gasteiger partial charge in [-0.1, -0.05) is 12.1 Å². The minimum Gasteiger partial charge on any atom is -0.378 e. The molecule has 0 spiro atoms. The molecular formula is C12H16N2O. The lowest BCUT2D eigenvalue weighted by Gasteiger charge is -2.28. The van der Waals surface area contributed by atoms with Crippen molar-refractivity contribution in [2.75, 3.05) is 31.2 Å². The van der Waals surface area contributed by atoms with Crippen LogP contribution in [-0.4, -0.2) is 32.5 Å². The zero-order chi connectivity index (χ0) is 10.5. The second-order valence-electron chi connectivity index (χ2n) is 3.67. The molecule has 1 aliphatic heterocycles. The Bertz CT molecular complexity index is 315. The minimum absolute atomic E-state index is 0.726. The van der Waals surface area contributed by atoms with Crippen molar-refractivity contribution in [3.8, 4) is 0 Å². The molecule has 80 valence electrons. The van der Waals surface area contributed by atoms with Gasteiger partial charge < -0.3 is 15.0 Å². The van der Waals surface area contributed by atoms with Gasteiger partial charge in [-0.3, -0.25) is 0 Å². The van der Waals surface area contributed by atoms with Crippen molar-refractivity contribution in [2.45, 2.75) is 6.42 Å². The molecule has 1 heterocycles. The average Bonchev–Trinajstić information content (AvgIpc) is 2.32. The monoisotopic (exact) mass is 204 g/mol. The molecule has 3 nitrogen and oxygen atoms in total. The van der Waals surface area contributed by atoms with Crippen LogP contribution in [0.25, 0.3) is 0 Å². The molecule has 3 heteroatoms. The highest BCUT2D eigenvalue weighted by Gasteiger charge is 2.10. The van der Waals surface area contributed by atoms with Crippen molar-refractivity contribution in [3.63, 3.8) is 0 Å². The Morgan fingerprint density at radius 3 is 2.47 bits per heavy atom. The smallest absolute Gasteiger partial charge is 0.0642 e. The molecule has 15 heavy (non-hydrogen) atoms. The first-order valence-corrected chi connectivity index (χ1v) is 5.31. The number of nitrogens with one attached hydrogen (secondary N) is 1. The Hall–Kier alpha value is -1.35. The molecule has 0 bridgehead atoms. The highest BCUT2D eigenvalue weighted by molar-refractivity contribution is 5.59. The first-order chi connectivity index (χ1) is 7.40. The maximum Gasteiger partial charge on any atom is 0.0642 e. The van der Waals surface area contributed by atoms with Crippen molar-refractivity contribution in [1.29, 1.82) is 5.41 Å². The lowest BCUT2D eigenvalue weighted by atomic mass is 10.1. The largest absolute Gasteiger partial charge is 0.378 e. The highest BCUT2D eigenvalue weighted by atomic mass is 16.5. The van der Waals surface area contributed by atoms with Gasteiger partial charge in [-0.2, -0.15) is 0 Å². The maximum absolute atomic E-state index is 7.04. The van der Waals surface area contributed by atoms with E-state index in [-0.39, 0.29) is 0 Å². The zero-order valence-corrected chi connectivity index (χ0v) is 8.78. The van der Waals surface area contributed by atoms with Crippen molar-refractivity contribution in [2.24, 2.45) is 0 Å². The Morgan fingerprint density at radius 1 is 1.20 bits per heavy atom. The Kier molecular flexibility index (Phi) is 3.35. The van der Waals surface area contributed by atoms with Crippen molar-refractivity contribution in [1.82, 2.24) is 0 Å². The molecule has 2 rings (SSSR count). The second kappa shape index (κ2) is 4.94. The summed E-state index contributed by atoms with van der Waals surface area (Å²) in [5.74, 6) is 0. The number of anilines is 1. The normalized spacial score (nSPS) is 16.4. The zero-order valence-electron chi connectivity index (χ0n) is 8.78. The molecule has 1 saturated heterocycles. The number of nitrogens with zero attached hydrogens (tertiary/aromatic N) is 1. The quantitative estimate of drug-likeness (QED) is 0.761. The number of morpholine rings is 1. The van der Waals surface area contributed by atoms with Gasteiger partial charge in [0.05, 0.1) is 13.2 Å². The fourth-order valence-corrected chi connectivity index (χ4v) is 1.78. The number of hydrogen-bond acceptors (Lipinski definition) is 3. The summed E-state index contributed by atoms with van der Waals surface area (Å²) in [7, 11) is 0. The number of hydrogen-bond donors (Lipinski definition) is 1. The Labute approximate surface area is 90.2 Å². The van der Waals surface area contributed by atoms with Crippen LogP contribution in [0.15, 0.2) is 24.3 Å². The van der Waals surface area contributed by atoms with Gasteiger partial charge in [0.25, 0.3) is 0 Å². The summed E-state index contributed by atoms with van der Waals surface area (Å²) in [6.07, 6.45) is 2.16. The van der Waals surface area contributed by atoms with Gasteiger partial charge in [-0.15, -0.1) is 0 Å². The first-order valence-electron chi connectivity index (χ1n) is 5.31. The molecule has 0 unspecified atom stereocenters. The number of ether oxygens (including phenoxy) is 1. The van der Waals surface area contributed by atoms with Gasteiger partial charge in [0.15, 0.2) is 0 Å². The molecule has 1 aliphatic rings. The van der Waals surface area contributed by atoms with E-state index in [1.54, 1.807) is 0 Å². The second-order valence-corrected chi connectivity index (χ2v) is 3.67. The van der Waals surface area contributed by atoms with E-state index >= 15 is 0 Å². The first kappa shape index (κ1) is 10.2. The molecule has 1 aromatic carbocycles. The highest BCUT2D eigenvalue weighted by Crippen LogP contribution is 2.16. The molecule has 1 N–H and O–H groups in total. The van der Waals surface area contributed by atoms with Crippen LogP contribution in [0.4, 0.5) is 5.69 Å². The van der Waals surface area contributed by atoms with Crippen molar-refractivity contribution in [3.05, 3.63) is 29.8 Å². The summed E-state index contributed by atoms with van der Waals surface area (Å²) >= 11 is 0. The van der Waals surface area contributed by atoms with Crippen LogP contribution in [-0.2, 0) is 11.2 Å². The van der Waals surface area contributed by atoms with E-state index in [9.17, 15) is 0 Å². The number of rotatable bonds is 3. The molecule has 0 amide bonds. The van der Waals surface area contributed by atoms with Gasteiger partial charge in [-0.05, 0) is 23.9 Å². The lowest BCUT2D eigenvalue weighted by Crippen LogP contribution is -2.36. The lowest BCUT2D eigenvalue weighted by molar-refractivity contribution is 0.122. The molecular weight excluding hydrogens is 188 g/mol. The van der Waals surface area contributed by atoms with Crippen LogP contribution >= 0.6 is 0 Å². The van der Waals surface area contributed by atoms with Crippen molar-refractivity contribution < 1.29 is 4.74 Å². The summed E-state index contributed by atoms with van der Waals surface area (Å²) in [5.41, 5.74) is 2.45. The van der Waals surface area contributed by atoms with E-state index in [0.29, 0.717) is 0 Å². The van der Waals surface area contributed by atoms with Crippen LogP contribution in [0.5, 0.6) is 0 Å². The summed E-state index contributed by atoms with van der Waals surface area (Å²) in [5, 5.41) is 7.04. The van der Waals surface area contributed by atoms with Gasteiger partial charge in [0.2, 0.25) is 0 Å². The van der Waals surface area contributed by atoms with E-state index in [1.165, 1.54) is 17.5 Å². The van der Waals surface area contributed by atoms with Crippen LogP contribution < -0.4 is 4.90 Å². The predicted octanol–water partition coefficient (Wildman–Crippen LogP) is 1.72. The third kappa shape index (κ3) is 2.57. The molecule has 1 aromatic rings. The van der Waals surface area contributed by atoms with E-state index in [2.05, 4.69) is 29.2 Å². The van der Waals surface area contributed by atoms with Crippen molar-refractivity contribution >= 4 is 11.9 Å². The van der Waals surface area contributed by atoms with Crippen LogP contribution in [0.2, 0.25) is 0 Å². The van der Waals surface area contributed by atoms with Crippen LogP contribution in [0.3, 0.4) is 0 Å². The number of benzene rings is 1. The summed E-state index contributed by atoms with van der Waals surface area (Å²) in [4.78, 5) is 2.33. The van der Waals surface area contributed by atoms with Gasteiger partial charge in [0.1, 0.15) is 0 Å². The van der Waals surface area contributed by atoms with Crippen LogP contribution in [0, 0.1) is 5.41 Å². The third-order valence-corrected chi connectivity index (χ3v) is 2.65. The Morgan fingerprint density at radius 2 is 1.87 bits per heavy atom. The van der Waals surface area contributed by atoms with E-state index in [0.717, 1.165) is 32.7 Å². The summed E-state index contributed by atoms with van der Waals surface area (Å²) < 4.78 is 5.31. The predicted molar refractivity (Wildman–Crippen MR) is 62.0 cm³/mol. The molecule has 0 atom stereocenters. The van der Waals surface area contributed by atoms with Gasteiger partial charge in [0, 0.05) is 25.2 Å². The maximum atomic E-state index is 7.04. The van der Waals surface area contributed by atoms with E-state index in [4.69, 9.17) is 10.1 Å². The van der Waals surface area contributed by atoms with E-state index in [1.807, 2.05) is 0 Å². The molecule has 0 aromatic heterocycles. The van der Waals surface area contributed by atoms with Gasteiger partial charge in [-0.25, -0.2) is 0 Å². The SMILES string of the molecule is N=CCc1ccc(N2CCOCC2)cc1. The summed E-state index contributed by atoms with van der Waals surface area (Å²) in [6, 6.07) is 8.44. The van der Waals surface area contributed by atoms with E-state index < -0.39 is 0 Å².